The van der Waals surface area contributed by atoms with Crippen LogP contribution >= 0.6 is 11.3 Å². The zero-order chi connectivity index (χ0) is 20.4. The lowest BCUT2D eigenvalue weighted by Gasteiger charge is -2.04. The molecule has 29 heavy (non-hydrogen) atoms. The van der Waals surface area contributed by atoms with Gasteiger partial charge in [-0.05, 0) is 23.4 Å². The summed E-state index contributed by atoms with van der Waals surface area (Å²) in [4.78, 5) is 12.3. The van der Waals surface area contributed by atoms with E-state index in [-0.39, 0.29) is 0 Å². The zero-order valence-electron chi connectivity index (χ0n) is 14.9. The number of hydrogen-bond acceptors (Lipinski definition) is 5. The number of alkyl halides is 3. The number of pyridine rings is 1. The molecule has 0 aliphatic rings. The van der Waals surface area contributed by atoms with E-state index in [9.17, 15) is 17.6 Å². The molecular formula is C19H15F4N5S. The second-order valence-electron chi connectivity index (χ2n) is 6.37. The molecule has 10 heteroatoms. The standard InChI is InChI=1S/C19H15F4N5S/c20-17-7-14-6-12(2-3-13(14)8-25-17)15-9-26-18(29-15)24-4-1-5-28-10-16(27-11-28)19(21,22)23/h2-3,6-11H,1,4-5H2,(H,24,26). The van der Waals surface area contributed by atoms with Crippen LogP contribution < -0.4 is 5.32 Å². The summed E-state index contributed by atoms with van der Waals surface area (Å²) in [5.41, 5.74) is 0.0350. The molecule has 0 spiro atoms. The van der Waals surface area contributed by atoms with E-state index in [4.69, 9.17) is 0 Å². The first-order valence-corrected chi connectivity index (χ1v) is 9.54. The van der Waals surface area contributed by atoms with Crippen molar-refractivity contribution >= 4 is 27.2 Å². The molecule has 0 aliphatic carbocycles. The molecule has 0 aliphatic heterocycles. The van der Waals surface area contributed by atoms with Crippen LogP contribution in [0, 0.1) is 5.95 Å². The largest absolute Gasteiger partial charge is 0.434 e. The van der Waals surface area contributed by atoms with Crippen molar-refractivity contribution in [1.82, 2.24) is 19.5 Å². The van der Waals surface area contributed by atoms with Crippen LogP contribution in [0.5, 0.6) is 0 Å². The third-order valence-corrected chi connectivity index (χ3v) is 5.28. The number of aromatic nitrogens is 4. The molecule has 0 radical (unpaired) electrons. The van der Waals surface area contributed by atoms with Crippen LogP contribution in [0.2, 0.25) is 0 Å². The van der Waals surface area contributed by atoms with Gasteiger partial charge in [0.05, 0.1) is 11.2 Å². The van der Waals surface area contributed by atoms with Crippen LogP contribution in [0.15, 0.2) is 49.2 Å². The predicted molar refractivity (Wildman–Crippen MR) is 103 cm³/mol. The first-order chi connectivity index (χ1) is 13.9. The number of nitrogens with one attached hydrogen (secondary N) is 1. The lowest BCUT2D eigenvalue weighted by Crippen LogP contribution is -2.06. The minimum atomic E-state index is -4.42. The van der Waals surface area contributed by atoms with Gasteiger partial charge >= 0.3 is 6.18 Å². The number of rotatable bonds is 6. The van der Waals surface area contributed by atoms with E-state index in [2.05, 4.69) is 20.3 Å². The van der Waals surface area contributed by atoms with Crippen LogP contribution in [0.1, 0.15) is 12.1 Å². The summed E-state index contributed by atoms with van der Waals surface area (Å²) < 4.78 is 52.4. The normalized spacial score (nSPS) is 11.9. The van der Waals surface area contributed by atoms with Crippen molar-refractivity contribution in [3.8, 4) is 10.4 Å². The third-order valence-electron chi connectivity index (χ3n) is 4.27. The molecule has 1 N–H and O–H groups in total. The summed E-state index contributed by atoms with van der Waals surface area (Å²) in [5.74, 6) is -0.526. The van der Waals surface area contributed by atoms with E-state index in [1.165, 1.54) is 34.5 Å². The van der Waals surface area contributed by atoms with Crippen molar-refractivity contribution in [2.45, 2.75) is 19.1 Å². The molecule has 0 bridgehead atoms. The Hall–Kier alpha value is -3.01. The topological polar surface area (TPSA) is 55.6 Å². The van der Waals surface area contributed by atoms with Gasteiger partial charge in [0.15, 0.2) is 10.8 Å². The molecule has 0 amide bonds. The highest BCUT2D eigenvalue weighted by molar-refractivity contribution is 7.18. The van der Waals surface area contributed by atoms with Gasteiger partial charge in [-0.3, -0.25) is 0 Å². The first kappa shape index (κ1) is 19.3. The second kappa shape index (κ2) is 7.78. The molecular weight excluding hydrogens is 406 g/mol. The summed E-state index contributed by atoms with van der Waals surface area (Å²) in [6.45, 7) is 0.972. The summed E-state index contributed by atoms with van der Waals surface area (Å²) in [7, 11) is 0. The monoisotopic (exact) mass is 421 g/mol. The summed E-state index contributed by atoms with van der Waals surface area (Å²) in [6.07, 6.45) is 1.60. The van der Waals surface area contributed by atoms with Crippen LogP contribution in [0.25, 0.3) is 21.2 Å². The Morgan fingerprint density at radius 2 is 1.90 bits per heavy atom. The number of anilines is 1. The lowest BCUT2D eigenvalue weighted by atomic mass is 10.1. The van der Waals surface area contributed by atoms with Gasteiger partial charge in [-0.2, -0.15) is 17.6 Å². The van der Waals surface area contributed by atoms with E-state index in [1.807, 2.05) is 18.2 Å². The highest BCUT2D eigenvalue weighted by Gasteiger charge is 2.33. The minimum Gasteiger partial charge on any atom is -0.361 e. The Labute approximate surface area is 167 Å². The number of fused-ring (bicyclic) bond motifs is 1. The quantitative estimate of drug-likeness (QED) is 0.264. The fourth-order valence-electron chi connectivity index (χ4n) is 2.84. The fourth-order valence-corrected chi connectivity index (χ4v) is 3.68. The van der Waals surface area contributed by atoms with Crippen LogP contribution in [0.4, 0.5) is 22.7 Å². The molecule has 4 rings (SSSR count). The number of halogens is 4. The van der Waals surface area contributed by atoms with E-state index >= 15 is 0 Å². The van der Waals surface area contributed by atoms with E-state index < -0.39 is 17.8 Å². The van der Waals surface area contributed by atoms with Gasteiger partial charge in [0, 0.05) is 43.1 Å². The van der Waals surface area contributed by atoms with Crippen LogP contribution in [-0.4, -0.2) is 26.1 Å². The maximum Gasteiger partial charge on any atom is 0.434 e. The smallest absolute Gasteiger partial charge is 0.361 e. The molecule has 150 valence electrons. The second-order valence-corrected chi connectivity index (χ2v) is 7.40. The van der Waals surface area contributed by atoms with Crippen molar-refractivity contribution in [3.05, 3.63) is 60.8 Å². The molecule has 4 aromatic rings. The zero-order valence-corrected chi connectivity index (χ0v) is 15.8. The van der Waals surface area contributed by atoms with Gasteiger partial charge in [0.25, 0.3) is 0 Å². The summed E-state index contributed by atoms with van der Waals surface area (Å²) >= 11 is 1.45. The molecule has 5 nitrogen and oxygen atoms in total. The first-order valence-electron chi connectivity index (χ1n) is 8.73. The van der Waals surface area contributed by atoms with Gasteiger partial charge in [0.1, 0.15) is 0 Å². The number of thiazole rings is 1. The van der Waals surface area contributed by atoms with Gasteiger partial charge in [-0.1, -0.05) is 23.5 Å². The van der Waals surface area contributed by atoms with Crippen LogP contribution in [-0.2, 0) is 12.7 Å². The molecule has 0 unspecified atom stereocenters. The minimum absolute atomic E-state index is 0.415. The van der Waals surface area contributed by atoms with Crippen molar-refractivity contribution in [3.63, 3.8) is 0 Å². The lowest BCUT2D eigenvalue weighted by molar-refractivity contribution is -0.140. The number of aryl methyl sites for hydroxylation is 1. The average molecular weight is 421 g/mol. The predicted octanol–water partition coefficient (Wildman–Crippen LogP) is 5.21. The number of imidazole rings is 1. The maximum absolute atomic E-state index is 13.3. The molecule has 3 aromatic heterocycles. The average Bonchev–Trinajstić information content (AvgIpc) is 3.34. The summed E-state index contributed by atoms with van der Waals surface area (Å²) in [6, 6.07) is 7.08. The van der Waals surface area contributed by atoms with E-state index in [0.29, 0.717) is 24.6 Å². The molecule has 1 aromatic carbocycles. The van der Waals surface area contributed by atoms with Crippen molar-refractivity contribution in [2.75, 3.05) is 11.9 Å². The van der Waals surface area contributed by atoms with Gasteiger partial charge in [0.2, 0.25) is 5.95 Å². The highest BCUT2D eigenvalue weighted by atomic mass is 32.1. The Bertz CT molecular complexity index is 1140. The van der Waals surface area contributed by atoms with Crippen molar-refractivity contribution < 1.29 is 17.6 Å². The van der Waals surface area contributed by atoms with E-state index in [0.717, 1.165) is 27.4 Å². The SMILES string of the molecule is Fc1cc2cc(-c3cnc(NCCCn4cnc(C(F)(F)F)c4)s3)ccc2cn1. The van der Waals surface area contributed by atoms with Gasteiger partial charge in [-0.25, -0.2) is 15.0 Å². The Morgan fingerprint density at radius 1 is 1.03 bits per heavy atom. The molecule has 3 heterocycles. The van der Waals surface area contributed by atoms with Crippen LogP contribution in [0.3, 0.4) is 0 Å². The highest BCUT2D eigenvalue weighted by Crippen LogP contribution is 2.31. The maximum atomic E-state index is 13.3. The molecule has 0 atom stereocenters. The molecule has 0 saturated heterocycles. The number of nitrogens with zero attached hydrogens (tertiary/aromatic N) is 4. The third kappa shape index (κ3) is 4.53. The van der Waals surface area contributed by atoms with Gasteiger partial charge in [-0.15, -0.1) is 0 Å². The Balaban J connectivity index is 1.34. The Morgan fingerprint density at radius 3 is 2.69 bits per heavy atom. The molecule has 0 saturated carbocycles. The summed E-state index contributed by atoms with van der Waals surface area (Å²) in [5, 5.41) is 5.49. The number of benzene rings is 1. The Kier molecular flexibility index (Phi) is 5.18. The number of hydrogen-bond donors (Lipinski definition) is 1. The van der Waals surface area contributed by atoms with Crippen molar-refractivity contribution in [2.24, 2.45) is 0 Å². The molecule has 0 fully saturated rings. The van der Waals surface area contributed by atoms with E-state index in [1.54, 1.807) is 6.20 Å². The van der Waals surface area contributed by atoms with Crippen molar-refractivity contribution in [1.29, 1.82) is 0 Å². The fraction of sp³-hybridized carbons (Fsp3) is 0.211. The van der Waals surface area contributed by atoms with Gasteiger partial charge < -0.3 is 9.88 Å².